The average Bonchev–Trinajstić information content (AvgIpc) is 2.94. The molecule has 0 unspecified atom stereocenters. The number of carbonyl (C=O) groups excluding carboxylic acids is 1. The van der Waals surface area contributed by atoms with Crippen LogP contribution < -0.4 is 10.2 Å². The fraction of sp³-hybridized carbons (Fsp3) is 0.429. The van der Waals surface area contributed by atoms with Crippen LogP contribution in [0.15, 0.2) is 41.4 Å². The van der Waals surface area contributed by atoms with Gasteiger partial charge in [0.05, 0.1) is 18.0 Å². The number of aromatic nitrogens is 1. The van der Waals surface area contributed by atoms with Gasteiger partial charge in [-0.2, -0.15) is 0 Å². The zero-order valence-corrected chi connectivity index (χ0v) is 22.6. The van der Waals surface area contributed by atoms with E-state index in [4.69, 9.17) is 4.74 Å². The van der Waals surface area contributed by atoms with Crippen molar-refractivity contribution in [2.75, 3.05) is 32.5 Å². The summed E-state index contributed by atoms with van der Waals surface area (Å²) in [5.41, 5.74) is 2.67. The summed E-state index contributed by atoms with van der Waals surface area (Å²) in [5, 5.41) is 10.1. The molecule has 2 N–H and O–H groups in total. The van der Waals surface area contributed by atoms with Gasteiger partial charge >= 0.3 is 0 Å². The Kier molecular flexibility index (Phi) is 9.35. The van der Waals surface area contributed by atoms with E-state index in [0.29, 0.717) is 72.1 Å². The van der Waals surface area contributed by atoms with Crippen LogP contribution in [-0.2, 0) is 4.79 Å². The van der Waals surface area contributed by atoms with E-state index in [2.05, 4.69) is 9.88 Å². The molecule has 39 heavy (non-hydrogen) atoms. The Hall–Kier alpha value is -2.89. The van der Waals surface area contributed by atoms with Crippen LogP contribution in [0.3, 0.4) is 0 Å². The minimum atomic E-state index is -1.36. The molecule has 1 amide bonds. The number of hydroxylamine groups is 1. The van der Waals surface area contributed by atoms with Crippen LogP contribution in [0.5, 0.6) is 5.75 Å². The maximum Gasteiger partial charge on any atom is 0.249 e. The number of thioether (sulfide) groups is 1. The Labute approximate surface area is 228 Å². The summed E-state index contributed by atoms with van der Waals surface area (Å²) in [5.74, 6) is -2.70. The number of hydrogen-bond donors (Lipinski definition) is 2. The quantitative estimate of drug-likeness (QED) is 0.101. The highest BCUT2D eigenvalue weighted by Gasteiger charge is 2.41. The van der Waals surface area contributed by atoms with Gasteiger partial charge in [-0.05, 0) is 81.1 Å². The number of piperidine rings is 1. The third-order valence-corrected chi connectivity index (χ3v) is 8.52. The lowest BCUT2D eigenvalue weighted by Crippen LogP contribution is -2.48. The molecule has 0 aliphatic carbocycles. The fourth-order valence-corrected chi connectivity index (χ4v) is 6.21. The minimum absolute atomic E-state index is 0.0743. The van der Waals surface area contributed by atoms with Gasteiger partial charge in [0.25, 0.3) is 0 Å². The largest absolute Gasteiger partial charge is 0.497 e. The number of ether oxygens (including phenoxy) is 1. The number of fused-ring (bicyclic) bond motifs is 1. The lowest BCUT2D eigenvalue weighted by molar-refractivity contribution is -0.143. The number of methoxy groups -OCH3 is 1. The first-order valence-corrected chi connectivity index (χ1v) is 13.7. The highest BCUT2D eigenvalue weighted by atomic mass is 32.2. The first-order valence-electron chi connectivity index (χ1n) is 12.7. The zero-order valence-electron chi connectivity index (χ0n) is 21.8. The summed E-state index contributed by atoms with van der Waals surface area (Å²) in [7, 11) is 1.54. The van der Waals surface area contributed by atoms with Crippen molar-refractivity contribution < 1.29 is 32.3 Å². The van der Waals surface area contributed by atoms with Crippen molar-refractivity contribution in [2.45, 2.75) is 43.7 Å². The van der Waals surface area contributed by atoms with Gasteiger partial charge in [-0.25, -0.2) is 23.0 Å². The third-order valence-electron chi connectivity index (χ3n) is 7.53. The van der Waals surface area contributed by atoms with Crippen molar-refractivity contribution in [1.82, 2.24) is 15.4 Å². The van der Waals surface area contributed by atoms with Gasteiger partial charge in [0, 0.05) is 34.8 Å². The van der Waals surface area contributed by atoms with Gasteiger partial charge in [-0.15, -0.1) is 11.8 Å². The Balaban J connectivity index is 1.40. The molecular formula is C28H31F4N3O3S. The molecule has 210 valence electrons. The number of nitrogens with zero attached hydrogens (tertiary/aromatic N) is 2. The maximum atomic E-state index is 15.8. The van der Waals surface area contributed by atoms with Crippen molar-refractivity contribution in [1.29, 1.82) is 0 Å². The van der Waals surface area contributed by atoms with Crippen LogP contribution in [0.25, 0.3) is 10.9 Å². The van der Waals surface area contributed by atoms with Crippen LogP contribution in [0.4, 0.5) is 17.6 Å². The van der Waals surface area contributed by atoms with Crippen molar-refractivity contribution >= 4 is 28.6 Å². The maximum absolute atomic E-state index is 15.8. The predicted molar refractivity (Wildman–Crippen MR) is 141 cm³/mol. The lowest BCUT2D eigenvalue weighted by atomic mass is 9.73. The number of halogens is 4. The number of rotatable bonds is 10. The first-order chi connectivity index (χ1) is 18.7. The summed E-state index contributed by atoms with van der Waals surface area (Å²) < 4.78 is 61.9. The smallest absolute Gasteiger partial charge is 0.249 e. The van der Waals surface area contributed by atoms with E-state index in [1.54, 1.807) is 43.9 Å². The Bertz CT molecular complexity index is 1340. The van der Waals surface area contributed by atoms with E-state index in [1.165, 1.54) is 0 Å². The molecule has 2 heterocycles. The molecule has 2 aromatic carbocycles. The SMILES string of the molecule is COc1ccc2ncc(C)c([C@H](F)CCC3(C(=O)NO)CCN(CCSc4cc(F)cc(F)c4F)CC3)c2c1. The molecule has 1 aliphatic rings. The van der Waals surface area contributed by atoms with E-state index in [0.717, 1.165) is 17.8 Å². The molecule has 1 aromatic heterocycles. The van der Waals surface area contributed by atoms with E-state index >= 15 is 4.39 Å². The predicted octanol–water partition coefficient (Wildman–Crippen LogP) is 6.14. The second-order valence-electron chi connectivity index (χ2n) is 9.86. The number of nitrogens with one attached hydrogen (secondary N) is 1. The van der Waals surface area contributed by atoms with Gasteiger partial charge in [-0.1, -0.05) is 0 Å². The summed E-state index contributed by atoms with van der Waals surface area (Å²) in [6.07, 6.45) is 1.36. The van der Waals surface area contributed by atoms with E-state index in [9.17, 15) is 23.2 Å². The van der Waals surface area contributed by atoms with Crippen LogP contribution in [0.2, 0.25) is 0 Å². The highest BCUT2D eigenvalue weighted by Crippen LogP contribution is 2.41. The monoisotopic (exact) mass is 565 g/mol. The average molecular weight is 566 g/mol. The Morgan fingerprint density at radius 2 is 1.97 bits per heavy atom. The van der Waals surface area contributed by atoms with Gasteiger partial charge in [-0.3, -0.25) is 15.0 Å². The van der Waals surface area contributed by atoms with Gasteiger partial charge in [0.1, 0.15) is 17.7 Å². The molecule has 0 saturated carbocycles. The topological polar surface area (TPSA) is 74.7 Å². The molecule has 11 heteroatoms. The van der Waals surface area contributed by atoms with E-state index in [-0.39, 0.29) is 17.7 Å². The molecule has 1 fully saturated rings. The molecule has 1 saturated heterocycles. The zero-order chi connectivity index (χ0) is 28.2. The number of amides is 1. The van der Waals surface area contributed by atoms with Crippen LogP contribution in [-0.4, -0.2) is 53.5 Å². The lowest BCUT2D eigenvalue weighted by Gasteiger charge is -2.40. The normalized spacial score (nSPS) is 16.3. The Morgan fingerprint density at radius 3 is 2.67 bits per heavy atom. The first kappa shape index (κ1) is 29.1. The number of aryl methyl sites for hydroxylation is 1. The summed E-state index contributed by atoms with van der Waals surface area (Å²) in [6.45, 7) is 3.30. The molecule has 1 atom stereocenters. The number of alkyl halides is 1. The standard InChI is InChI=1S/C28H31F4N3O3S/c1-17-16-33-23-4-3-19(38-2)15-20(23)25(17)21(30)5-6-28(27(36)34-37)7-9-35(10-8-28)11-12-39-24-14-18(29)13-22(31)26(24)32/h3-4,13-16,21,37H,5-12H2,1-2H3,(H,34,36)/t21-/m1/s1. The van der Waals surface area contributed by atoms with Gasteiger partial charge in [0.15, 0.2) is 11.6 Å². The fourth-order valence-electron chi connectivity index (χ4n) is 5.22. The molecule has 0 radical (unpaired) electrons. The summed E-state index contributed by atoms with van der Waals surface area (Å²) in [6, 6.07) is 6.77. The summed E-state index contributed by atoms with van der Waals surface area (Å²) in [4.78, 5) is 19.1. The molecule has 4 rings (SSSR count). The van der Waals surface area contributed by atoms with Crippen LogP contribution >= 0.6 is 11.8 Å². The van der Waals surface area contributed by atoms with Crippen molar-refractivity contribution in [3.63, 3.8) is 0 Å². The highest BCUT2D eigenvalue weighted by molar-refractivity contribution is 7.99. The number of benzene rings is 2. The second-order valence-corrected chi connectivity index (χ2v) is 11.0. The van der Waals surface area contributed by atoms with Gasteiger partial charge in [0.2, 0.25) is 5.91 Å². The molecular weight excluding hydrogens is 534 g/mol. The molecule has 6 nitrogen and oxygen atoms in total. The third kappa shape index (κ3) is 6.47. The van der Waals surface area contributed by atoms with E-state index in [1.807, 2.05) is 0 Å². The molecule has 3 aromatic rings. The van der Waals surface area contributed by atoms with E-state index < -0.39 is 34.9 Å². The van der Waals surface area contributed by atoms with Gasteiger partial charge < -0.3 is 9.64 Å². The van der Waals surface area contributed by atoms with Crippen molar-refractivity contribution in [3.8, 4) is 5.75 Å². The minimum Gasteiger partial charge on any atom is -0.497 e. The number of likely N-dealkylation sites (tertiary alicyclic amines) is 1. The molecule has 1 aliphatic heterocycles. The Morgan fingerprint density at radius 1 is 1.23 bits per heavy atom. The van der Waals surface area contributed by atoms with Crippen molar-refractivity contribution in [3.05, 3.63) is 65.1 Å². The van der Waals surface area contributed by atoms with Crippen LogP contribution in [0.1, 0.15) is 43.0 Å². The second kappa shape index (κ2) is 12.5. The number of pyridine rings is 1. The van der Waals surface area contributed by atoms with Crippen LogP contribution in [0, 0.1) is 29.8 Å². The molecule has 0 spiro atoms. The number of hydrogen-bond acceptors (Lipinski definition) is 6. The number of carbonyl (C=O) groups is 1. The summed E-state index contributed by atoms with van der Waals surface area (Å²) >= 11 is 1.02. The molecule has 0 bridgehead atoms. The van der Waals surface area contributed by atoms with Crippen molar-refractivity contribution in [2.24, 2.45) is 5.41 Å².